The largest absolute Gasteiger partial charge is 0.410 e. The number of rotatable bonds is 8. The number of aromatic nitrogens is 1. The van der Waals surface area contributed by atoms with Gasteiger partial charge in [-0.15, -0.1) is 0 Å². The minimum atomic E-state index is -4.15. The van der Waals surface area contributed by atoms with Gasteiger partial charge in [0.15, 0.2) is 0 Å². The summed E-state index contributed by atoms with van der Waals surface area (Å²) in [5.41, 5.74) is 1.76. The zero-order chi connectivity index (χ0) is 21.9. The summed E-state index contributed by atoms with van der Waals surface area (Å²) >= 11 is 0. The summed E-state index contributed by atoms with van der Waals surface area (Å²) in [6.07, 6.45) is 0. The highest BCUT2D eigenvalue weighted by Crippen LogP contribution is 2.32. The van der Waals surface area contributed by atoms with Crippen molar-refractivity contribution < 1.29 is 26.0 Å². The van der Waals surface area contributed by atoms with Crippen LogP contribution in [0, 0.1) is 13.8 Å². The van der Waals surface area contributed by atoms with Crippen LogP contribution < -0.4 is 5.32 Å². The molecule has 0 fully saturated rings. The summed E-state index contributed by atoms with van der Waals surface area (Å²) in [7, 11) is -6.79. The van der Waals surface area contributed by atoms with Crippen LogP contribution in [0.3, 0.4) is 0 Å². The van der Waals surface area contributed by atoms with Gasteiger partial charge in [-0.2, -0.15) is 4.98 Å². The molecule has 1 N–H and O–H groups in total. The van der Waals surface area contributed by atoms with E-state index >= 15 is 0 Å². The standard InChI is InChI=1S/C20H22N2O6S2/c1-14-4-8-16(9-5-14)29(23,24)19-18(21-12-13-27-3)28-20(22-19)30(25,26)17-10-6-15(2)7-11-17/h4-11,21H,12-13H2,1-3H3. The molecule has 0 spiro atoms. The molecule has 2 aromatic carbocycles. The molecular formula is C20H22N2O6S2. The number of sulfone groups is 2. The molecule has 30 heavy (non-hydrogen) atoms. The Bertz CT molecular complexity index is 1230. The topological polar surface area (TPSA) is 116 Å². The van der Waals surface area contributed by atoms with Gasteiger partial charge in [-0.1, -0.05) is 35.4 Å². The van der Waals surface area contributed by atoms with Gasteiger partial charge in [0.05, 0.1) is 16.4 Å². The zero-order valence-corrected chi connectivity index (χ0v) is 18.4. The van der Waals surface area contributed by atoms with Crippen LogP contribution in [0.15, 0.2) is 73.0 Å². The van der Waals surface area contributed by atoms with Crippen molar-refractivity contribution in [1.82, 2.24) is 4.98 Å². The monoisotopic (exact) mass is 450 g/mol. The number of anilines is 1. The van der Waals surface area contributed by atoms with E-state index in [4.69, 9.17) is 9.15 Å². The number of aryl methyl sites for hydroxylation is 2. The summed E-state index contributed by atoms with van der Waals surface area (Å²) in [5.74, 6) is -0.252. The second-order valence-corrected chi connectivity index (χ2v) is 10.4. The van der Waals surface area contributed by atoms with Crippen molar-refractivity contribution in [3.63, 3.8) is 0 Å². The Morgan fingerprint density at radius 1 is 0.867 bits per heavy atom. The fourth-order valence-electron chi connectivity index (χ4n) is 2.61. The number of nitrogens with zero attached hydrogens (tertiary/aromatic N) is 1. The first-order valence-electron chi connectivity index (χ1n) is 9.03. The lowest BCUT2D eigenvalue weighted by Gasteiger charge is -2.05. The third-order valence-electron chi connectivity index (χ3n) is 4.32. The second kappa shape index (κ2) is 8.58. The average Bonchev–Trinajstić information content (AvgIpc) is 3.15. The number of oxazole rings is 1. The molecule has 0 amide bonds. The molecule has 0 saturated carbocycles. The van der Waals surface area contributed by atoms with E-state index < -0.39 is 29.9 Å². The Kier molecular flexibility index (Phi) is 6.30. The summed E-state index contributed by atoms with van der Waals surface area (Å²) < 4.78 is 62.5. The SMILES string of the molecule is COCCNc1oc(S(=O)(=O)c2ccc(C)cc2)nc1S(=O)(=O)c1ccc(C)cc1. The van der Waals surface area contributed by atoms with E-state index in [9.17, 15) is 16.8 Å². The van der Waals surface area contributed by atoms with Gasteiger partial charge in [0, 0.05) is 13.7 Å². The first-order valence-corrected chi connectivity index (χ1v) is 12.0. The lowest BCUT2D eigenvalue weighted by molar-refractivity contribution is 0.210. The van der Waals surface area contributed by atoms with Crippen molar-refractivity contribution in [3.05, 3.63) is 59.7 Å². The van der Waals surface area contributed by atoms with Crippen LogP contribution in [0.25, 0.3) is 0 Å². The Morgan fingerprint density at radius 2 is 1.37 bits per heavy atom. The number of benzene rings is 2. The van der Waals surface area contributed by atoms with Crippen LogP contribution in [0.5, 0.6) is 0 Å². The average molecular weight is 451 g/mol. The van der Waals surface area contributed by atoms with Crippen LogP contribution in [0.4, 0.5) is 5.88 Å². The van der Waals surface area contributed by atoms with Gasteiger partial charge in [-0.25, -0.2) is 16.8 Å². The van der Waals surface area contributed by atoms with E-state index in [0.717, 1.165) is 11.1 Å². The van der Waals surface area contributed by atoms with Gasteiger partial charge >= 0.3 is 5.22 Å². The van der Waals surface area contributed by atoms with E-state index in [1.54, 1.807) is 24.3 Å². The zero-order valence-electron chi connectivity index (χ0n) is 16.7. The molecular weight excluding hydrogens is 428 g/mol. The lowest BCUT2D eigenvalue weighted by atomic mass is 10.2. The summed E-state index contributed by atoms with van der Waals surface area (Å²) in [5, 5.41) is 1.57. The first kappa shape index (κ1) is 22.0. The molecule has 0 bridgehead atoms. The van der Waals surface area contributed by atoms with Gasteiger partial charge in [0.2, 0.25) is 20.7 Å². The van der Waals surface area contributed by atoms with Crippen LogP contribution in [-0.4, -0.2) is 42.1 Å². The third-order valence-corrected chi connectivity index (χ3v) is 7.52. The van der Waals surface area contributed by atoms with E-state index in [-0.39, 0.29) is 28.8 Å². The molecule has 0 aliphatic carbocycles. The fraction of sp³-hybridized carbons (Fsp3) is 0.250. The minimum Gasteiger partial charge on any atom is -0.410 e. The van der Waals surface area contributed by atoms with Crippen molar-refractivity contribution in [2.75, 3.05) is 25.6 Å². The molecule has 0 atom stereocenters. The first-order chi connectivity index (χ1) is 14.2. The van der Waals surface area contributed by atoms with Crippen LogP contribution in [0.1, 0.15) is 11.1 Å². The number of methoxy groups -OCH3 is 1. The number of hydrogen-bond acceptors (Lipinski definition) is 8. The highest BCUT2D eigenvalue weighted by Gasteiger charge is 2.33. The Hall–Kier alpha value is -2.69. The maximum atomic E-state index is 13.1. The smallest absolute Gasteiger partial charge is 0.323 e. The Balaban J connectivity index is 2.11. The van der Waals surface area contributed by atoms with Crippen molar-refractivity contribution in [1.29, 1.82) is 0 Å². The number of nitrogens with one attached hydrogen (secondary N) is 1. The Labute approximate surface area is 175 Å². The third kappa shape index (κ3) is 4.40. The molecule has 0 saturated heterocycles. The van der Waals surface area contributed by atoms with Crippen LogP contribution >= 0.6 is 0 Å². The molecule has 3 aromatic rings. The molecule has 0 aliphatic heterocycles. The molecule has 1 heterocycles. The van der Waals surface area contributed by atoms with Crippen LogP contribution in [-0.2, 0) is 24.4 Å². The highest BCUT2D eigenvalue weighted by molar-refractivity contribution is 7.92. The van der Waals surface area contributed by atoms with Gasteiger partial charge in [-0.3, -0.25) is 0 Å². The van der Waals surface area contributed by atoms with Crippen molar-refractivity contribution in [3.8, 4) is 0 Å². The summed E-state index contributed by atoms with van der Waals surface area (Å²) in [6, 6.07) is 12.3. The maximum absolute atomic E-state index is 13.1. The van der Waals surface area contributed by atoms with E-state index in [0.29, 0.717) is 0 Å². The lowest BCUT2D eigenvalue weighted by Crippen LogP contribution is -2.11. The molecule has 160 valence electrons. The molecule has 0 aliphatic rings. The van der Waals surface area contributed by atoms with Crippen molar-refractivity contribution in [2.24, 2.45) is 0 Å². The Morgan fingerprint density at radius 3 is 1.87 bits per heavy atom. The number of hydrogen-bond donors (Lipinski definition) is 1. The van der Waals surface area contributed by atoms with Gasteiger partial charge in [-0.05, 0) is 38.1 Å². The summed E-state index contributed by atoms with van der Waals surface area (Å²) in [6.45, 7) is 4.11. The van der Waals surface area contributed by atoms with Gasteiger partial charge in [0.25, 0.3) is 9.84 Å². The minimum absolute atomic E-state index is 0.0181. The van der Waals surface area contributed by atoms with Crippen LogP contribution in [0.2, 0.25) is 0 Å². The molecule has 0 radical (unpaired) electrons. The predicted molar refractivity (Wildman–Crippen MR) is 110 cm³/mol. The summed E-state index contributed by atoms with van der Waals surface area (Å²) in [4.78, 5) is 3.82. The molecule has 3 rings (SSSR count). The van der Waals surface area contributed by atoms with Gasteiger partial charge in [0.1, 0.15) is 0 Å². The normalized spacial score (nSPS) is 12.1. The molecule has 1 aromatic heterocycles. The van der Waals surface area contributed by atoms with Crippen molar-refractivity contribution in [2.45, 2.75) is 33.9 Å². The number of ether oxygens (including phenoxy) is 1. The predicted octanol–water partition coefficient (Wildman–Crippen LogP) is 3.02. The maximum Gasteiger partial charge on any atom is 0.323 e. The molecule has 10 heteroatoms. The molecule has 0 unspecified atom stereocenters. The van der Waals surface area contributed by atoms with E-state index in [1.807, 2.05) is 13.8 Å². The molecule has 8 nitrogen and oxygen atoms in total. The fourth-order valence-corrected chi connectivity index (χ4v) is 5.05. The highest BCUT2D eigenvalue weighted by atomic mass is 32.2. The van der Waals surface area contributed by atoms with Gasteiger partial charge < -0.3 is 14.5 Å². The quantitative estimate of drug-likeness (QED) is 0.521. The van der Waals surface area contributed by atoms with E-state index in [2.05, 4.69) is 10.3 Å². The second-order valence-electron chi connectivity index (χ2n) is 6.67. The van der Waals surface area contributed by atoms with Crippen molar-refractivity contribution >= 4 is 25.6 Å². The van der Waals surface area contributed by atoms with E-state index in [1.165, 1.54) is 31.4 Å².